The molecular formula is C37H29N3O. The van der Waals surface area contributed by atoms with Crippen LogP contribution in [0.15, 0.2) is 123 Å². The molecule has 3 aliphatic rings. The molecule has 3 heterocycles. The molecule has 4 heteroatoms. The quantitative estimate of drug-likeness (QED) is 0.233. The van der Waals surface area contributed by atoms with Crippen molar-refractivity contribution < 1.29 is 4.42 Å². The second-order valence-corrected chi connectivity index (χ2v) is 11.4. The molecule has 1 aliphatic heterocycles. The van der Waals surface area contributed by atoms with Crippen molar-refractivity contribution in [1.29, 1.82) is 5.26 Å². The van der Waals surface area contributed by atoms with Gasteiger partial charge in [0, 0.05) is 51.5 Å². The van der Waals surface area contributed by atoms with Gasteiger partial charge in [-0.1, -0.05) is 61.5 Å². The summed E-state index contributed by atoms with van der Waals surface area (Å²) in [5.41, 5.74) is 10.2. The van der Waals surface area contributed by atoms with Crippen molar-refractivity contribution in [2.45, 2.75) is 32.6 Å². The summed E-state index contributed by atoms with van der Waals surface area (Å²) in [4.78, 5) is 4.70. The van der Waals surface area contributed by atoms with Crippen LogP contribution in [0.2, 0.25) is 0 Å². The van der Waals surface area contributed by atoms with Crippen LogP contribution in [-0.2, 0) is 0 Å². The zero-order chi connectivity index (χ0) is 27.5. The van der Waals surface area contributed by atoms with Gasteiger partial charge in [-0.25, -0.2) is 0 Å². The van der Waals surface area contributed by atoms with Crippen molar-refractivity contribution in [3.05, 3.63) is 113 Å². The van der Waals surface area contributed by atoms with Gasteiger partial charge < -0.3 is 8.98 Å². The number of para-hydroxylation sites is 2. The second-order valence-electron chi connectivity index (χ2n) is 11.4. The Morgan fingerprint density at radius 3 is 2.68 bits per heavy atom. The number of aromatic nitrogens is 1. The van der Waals surface area contributed by atoms with Crippen LogP contribution in [0.5, 0.6) is 0 Å². The lowest BCUT2D eigenvalue weighted by Crippen LogP contribution is -2.10. The average Bonchev–Trinajstić information content (AvgIpc) is 3.54. The highest BCUT2D eigenvalue weighted by molar-refractivity contribution is 6.17. The van der Waals surface area contributed by atoms with Crippen LogP contribution in [0.3, 0.4) is 0 Å². The van der Waals surface area contributed by atoms with Crippen LogP contribution in [0.1, 0.15) is 32.6 Å². The minimum absolute atomic E-state index is 0.106. The molecule has 0 bridgehead atoms. The van der Waals surface area contributed by atoms with Gasteiger partial charge in [0.25, 0.3) is 0 Å². The molecule has 41 heavy (non-hydrogen) atoms. The Morgan fingerprint density at radius 2 is 1.78 bits per heavy atom. The van der Waals surface area contributed by atoms with Gasteiger partial charge in [-0.05, 0) is 66.7 Å². The van der Waals surface area contributed by atoms with Gasteiger partial charge in [-0.3, -0.25) is 4.99 Å². The maximum atomic E-state index is 9.52. The van der Waals surface area contributed by atoms with E-state index in [-0.39, 0.29) is 5.92 Å². The number of hydrogen-bond donors (Lipinski definition) is 0. The molecule has 0 N–H and O–H groups in total. The van der Waals surface area contributed by atoms with E-state index in [1.807, 2.05) is 24.4 Å². The summed E-state index contributed by atoms with van der Waals surface area (Å²) in [6.07, 6.45) is 16.8. The van der Waals surface area contributed by atoms with E-state index in [2.05, 4.69) is 90.4 Å². The molecule has 2 aliphatic carbocycles. The van der Waals surface area contributed by atoms with Crippen LogP contribution in [-0.4, -0.2) is 10.8 Å². The Hall–Kier alpha value is -4.88. The van der Waals surface area contributed by atoms with E-state index in [9.17, 15) is 5.26 Å². The molecule has 2 atom stereocenters. The second kappa shape index (κ2) is 9.35. The molecule has 0 amide bonds. The van der Waals surface area contributed by atoms with E-state index < -0.39 is 0 Å². The van der Waals surface area contributed by atoms with Crippen molar-refractivity contribution in [3.8, 4) is 6.07 Å². The summed E-state index contributed by atoms with van der Waals surface area (Å²) >= 11 is 0. The first-order chi connectivity index (χ1) is 20.2. The molecule has 0 fully saturated rings. The molecule has 0 saturated heterocycles. The van der Waals surface area contributed by atoms with Gasteiger partial charge in [0.1, 0.15) is 11.2 Å². The van der Waals surface area contributed by atoms with Gasteiger partial charge >= 0.3 is 0 Å². The topological polar surface area (TPSA) is 54.2 Å². The van der Waals surface area contributed by atoms with Crippen molar-refractivity contribution >= 4 is 55.7 Å². The van der Waals surface area contributed by atoms with Gasteiger partial charge in [-0.2, -0.15) is 5.26 Å². The summed E-state index contributed by atoms with van der Waals surface area (Å²) in [6, 6.07) is 24.0. The number of fused-ring (bicyclic) bond motifs is 6. The number of nitriles is 1. The minimum atomic E-state index is -0.106. The number of nitrogens with zero attached hydrogens (tertiary/aromatic N) is 3. The Labute approximate surface area is 238 Å². The lowest BCUT2D eigenvalue weighted by atomic mass is 9.84. The van der Waals surface area contributed by atoms with E-state index in [1.54, 1.807) is 0 Å². The summed E-state index contributed by atoms with van der Waals surface area (Å²) in [5, 5.41) is 14.3. The molecule has 2 aromatic heterocycles. The van der Waals surface area contributed by atoms with Crippen LogP contribution in [0.4, 0.5) is 0 Å². The number of furan rings is 1. The molecule has 5 aromatic rings. The predicted octanol–water partition coefficient (Wildman–Crippen LogP) is 9.65. The molecule has 4 nitrogen and oxygen atoms in total. The van der Waals surface area contributed by atoms with E-state index in [4.69, 9.17) is 9.41 Å². The third kappa shape index (κ3) is 3.84. The fourth-order valence-electron chi connectivity index (χ4n) is 6.82. The lowest BCUT2D eigenvalue weighted by Gasteiger charge is -2.25. The number of benzene rings is 3. The van der Waals surface area contributed by atoms with Crippen LogP contribution in [0, 0.1) is 23.2 Å². The van der Waals surface area contributed by atoms with E-state index >= 15 is 0 Å². The minimum Gasteiger partial charge on any atom is -0.456 e. The fourth-order valence-corrected chi connectivity index (χ4v) is 6.82. The van der Waals surface area contributed by atoms with Gasteiger partial charge in [0.15, 0.2) is 0 Å². The van der Waals surface area contributed by atoms with E-state index in [1.165, 1.54) is 44.2 Å². The summed E-state index contributed by atoms with van der Waals surface area (Å²) < 4.78 is 8.81. The molecular weight excluding hydrogens is 502 g/mol. The lowest BCUT2D eigenvalue weighted by molar-refractivity contribution is 0.669. The first-order valence-electron chi connectivity index (χ1n) is 14.5. The van der Waals surface area contributed by atoms with Crippen molar-refractivity contribution in [3.63, 3.8) is 0 Å². The molecule has 2 unspecified atom stereocenters. The van der Waals surface area contributed by atoms with Gasteiger partial charge in [-0.15, -0.1) is 0 Å². The smallest absolute Gasteiger partial charge is 0.137 e. The van der Waals surface area contributed by atoms with Crippen LogP contribution in [0.25, 0.3) is 49.4 Å². The molecule has 0 radical (unpaired) electrons. The number of allylic oxidation sites excluding steroid dienone is 9. The third-order valence-electron chi connectivity index (χ3n) is 8.67. The first kappa shape index (κ1) is 24.0. The summed E-state index contributed by atoms with van der Waals surface area (Å²) in [6.45, 7) is 2.27. The highest BCUT2D eigenvalue weighted by Gasteiger charge is 2.24. The molecule has 0 spiro atoms. The molecule has 198 valence electrons. The Bertz CT molecular complexity index is 2130. The summed E-state index contributed by atoms with van der Waals surface area (Å²) in [5.74, 6) is 0.270. The van der Waals surface area contributed by atoms with Gasteiger partial charge in [0.2, 0.25) is 0 Å². The van der Waals surface area contributed by atoms with Crippen molar-refractivity contribution in [2.75, 3.05) is 0 Å². The van der Waals surface area contributed by atoms with Crippen LogP contribution >= 0.6 is 0 Å². The molecule has 8 rings (SSSR count). The highest BCUT2D eigenvalue weighted by atomic mass is 16.3. The van der Waals surface area contributed by atoms with Crippen molar-refractivity contribution in [1.82, 2.24) is 4.57 Å². The number of hydrogen-bond acceptors (Lipinski definition) is 3. The Kier molecular flexibility index (Phi) is 5.47. The number of aliphatic imine (C=N–C) groups is 1. The SMILES string of the molecule is CC1C=C(C2=C(n3c4ccccc4c4cc5c(cc43)oc3ccccc35)CCC=C2)C=C(C2=CC(C#N)CC=N2)C1. The maximum absolute atomic E-state index is 9.52. The monoisotopic (exact) mass is 531 g/mol. The maximum Gasteiger partial charge on any atom is 0.137 e. The predicted molar refractivity (Wildman–Crippen MR) is 169 cm³/mol. The van der Waals surface area contributed by atoms with Crippen molar-refractivity contribution in [2.24, 2.45) is 16.8 Å². The fraction of sp³-hybridized carbons (Fsp3) is 0.189. The summed E-state index contributed by atoms with van der Waals surface area (Å²) in [7, 11) is 0. The number of rotatable bonds is 3. The van der Waals surface area contributed by atoms with E-state index in [0.29, 0.717) is 12.3 Å². The third-order valence-corrected chi connectivity index (χ3v) is 8.67. The molecule has 3 aromatic carbocycles. The van der Waals surface area contributed by atoms with Gasteiger partial charge in [0.05, 0.1) is 28.7 Å². The highest BCUT2D eigenvalue weighted by Crippen LogP contribution is 2.42. The zero-order valence-corrected chi connectivity index (χ0v) is 23.0. The molecule has 0 saturated carbocycles. The Morgan fingerprint density at radius 1 is 0.927 bits per heavy atom. The van der Waals surface area contributed by atoms with Crippen LogP contribution < -0.4 is 0 Å². The average molecular weight is 532 g/mol. The standard InChI is InChI=1S/C37H29N3O/c1-23-16-25(19-26(17-23)32-18-24(22-38)14-15-39-32)27-8-2-5-11-33(27)40-34-12-6-3-9-28(34)30-20-31-29-10-4-7-13-36(29)41-37(31)21-35(30)40/h2-4,6-10,12-13,15-16,18-21,23-24H,5,11,14,17H2,1H3. The largest absolute Gasteiger partial charge is 0.456 e. The normalized spacial score (nSPS) is 21.0. The first-order valence-corrected chi connectivity index (χ1v) is 14.5. The zero-order valence-electron chi connectivity index (χ0n) is 23.0. The Balaban J connectivity index is 1.37. The van der Waals surface area contributed by atoms with E-state index in [0.717, 1.165) is 46.9 Å².